The van der Waals surface area contributed by atoms with E-state index >= 15 is 0 Å². The first kappa shape index (κ1) is 6.17. The SMILES string of the molecule is CC(=N)/C=C\NN. The molecule has 0 unspecified atom stereocenters. The zero-order valence-corrected chi connectivity index (χ0v) is 4.23. The minimum atomic E-state index is 0.484. The van der Waals surface area contributed by atoms with E-state index in [-0.39, 0.29) is 0 Å². The Hall–Kier alpha value is -0.830. The van der Waals surface area contributed by atoms with Crippen LogP contribution >= 0.6 is 0 Å². The van der Waals surface area contributed by atoms with Crippen molar-refractivity contribution in [1.82, 2.24) is 5.43 Å². The first-order valence-electron chi connectivity index (χ1n) is 1.95. The summed E-state index contributed by atoms with van der Waals surface area (Å²) >= 11 is 0. The quantitative estimate of drug-likeness (QED) is 0.259. The summed E-state index contributed by atoms with van der Waals surface area (Å²) < 4.78 is 0. The van der Waals surface area contributed by atoms with Crippen LogP contribution in [0.1, 0.15) is 6.92 Å². The summed E-state index contributed by atoms with van der Waals surface area (Å²) in [6, 6.07) is 0. The molecule has 0 bridgehead atoms. The molecule has 0 aliphatic carbocycles. The largest absolute Gasteiger partial charge is 0.331 e. The Morgan fingerprint density at radius 1 is 1.86 bits per heavy atom. The summed E-state index contributed by atoms with van der Waals surface area (Å²) in [6.45, 7) is 1.67. The van der Waals surface area contributed by atoms with Gasteiger partial charge in [-0.3, -0.25) is 5.84 Å². The number of hydrogen-bond donors (Lipinski definition) is 3. The van der Waals surface area contributed by atoms with Crippen molar-refractivity contribution in [3.8, 4) is 0 Å². The lowest BCUT2D eigenvalue weighted by Gasteiger charge is -1.82. The number of nitrogens with one attached hydrogen (secondary N) is 2. The predicted molar refractivity (Wildman–Crippen MR) is 29.9 cm³/mol. The summed E-state index contributed by atoms with van der Waals surface area (Å²) in [5.74, 6) is 4.84. The Morgan fingerprint density at radius 2 is 2.43 bits per heavy atom. The van der Waals surface area contributed by atoms with Gasteiger partial charge in [-0.25, -0.2) is 0 Å². The van der Waals surface area contributed by atoms with Crippen molar-refractivity contribution in [3.05, 3.63) is 12.3 Å². The molecule has 0 aliphatic rings. The molecule has 0 saturated heterocycles. The monoisotopic (exact) mass is 99.1 g/mol. The smallest absolute Gasteiger partial charge is 0.0297 e. The van der Waals surface area contributed by atoms with Crippen molar-refractivity contribution in [2.75, 3.05) is 0 Å². The molecule has 0 aromatic rings. The molecule has 0 amide bonds. The number of rotatable bonds is 2. The van der Waals surface area contributed by atoms with Crippen molar-refractivity contribution in [2.24, 2.45) is 5.84 Å². The zero-order valence-electron chi connectivity index (χ0n) is 4.23. The van der Waals surface area contributed by atoms with E-state index in [4.69, 9.17) is 11.3 Å². The average molecular weight is 99.1 g/mol. The standard InChI is InChI=1S/C4H9N3/c1-4(5)2-3-7-6/h2-3,5,7H,6H2,1H3/b3-2-,5-4?. The van der Waals surface area contributed by atoms with Crippen molar-refractivity contribution in [2.45, 2.75) is 6.92 Å². The minimum absolute atomic E-state index is 0.484. The molecular weight excluding hydrogens is 90.1 g/mol. The third kappa shape index (κ3) is 5.17. The van der Waals surface area contributed by atoms with Crippen LogP contribution in [0.2, 0.25) is 0 Å². The molecule has 3 nitrogen and oxygen atoms in total. The molecule has 0 atom stereocenters. The molecule has 0 spiro atoms. The minimum Gasteiger partial charge on any atom is -0.331 e. The van der Waals surface area contributed by atoms with Gasteiger partial charge in [0.2, 0.25) is 0 Å². The Labute approximate surface area is 42.7 Å². The fourth-order valence-electron chi connectivity index (χ4n) is 0.173. The van der Waals surface area contributed by atoms with Crippen LogP contribution in [0.4, 0.5) is 0 Å². The molecule has 0 heterocycles. The first-order chi connectivity index (χ1) is 3.27. The topological polar surface area (TPSA) is 61.9 Å². The van der Waals surface area contributed by atoms with Gasteiger partial charge in [-0.1, -0.05) is 0 Å². The second kappa shape index (κ2) is 3.36. The normalized spacial score (nSPS) is 9.43. The van der Waals surface area contributed by atoms with Gasteiger partial charge in [0.15, 0.2) is 0 Å². The van der Waals surface area contributed by atoms with Gasteiger partial charge in [0.1, 0.15) is 0 Å². The molecule has 3 heteroatoms. The van der Waals surface area contributed by atoms with Gasteiger partial charge in [0.05, 0.1) is 0 Å². The molecule has 0 aromatic heterocycles. The summed E-state index contributed by atoms with van der Waals surface area (Å²) in [5, 5.41) is 6.82. The van der Waals surface area contributed by atoms with Crippen LogP contribution in [0.3, 0.4) is 0 Å². The van der Waals surface area contributed by atoms with Gasteiger partial charge in [-0.15, -0.1) is 0 Å². The summed E-state index contributed by atoms with van der Waals surface area (Å²) in [6.07, 6.45) is 3.07. The van der Waals surface area contributed by atoms with Crippen LogP contribution in [0.15, 0.2) is 12.3 Å². The van der Waals surface area contributed by atoms with E-state index in [1.165, 1.54) is 6.20 Å². The van der Waals surface area contributed by atoms with Gasteiger partial charge in [-0.05, 0) is 13.0 Å². The van der Waals surface area contributed by atoms with E-state index in [1.54, 1.807) is 13.0 Å². The highest BCUT2D eigenvalue weighted by Crippen LogP contribution is 1.67. The number of hydrogen-bond acceptors (Lipinski definition) is 3. The fourth-order valence-corrected chi connectivity index (χ4v) is 0.173. The Kier molecular flexibility index (Phi) is 2.96. The number of allylic oxidation sites excluding steroid dienone is 1. The van der Waals surface area contributed by atoms with E-state index < -0.39 is 0 Å². The molecular formula is C4H9N3. The molecule has 0 rings (SSSR count). The zero-order chi connectivity index (χ0) is 5.70. The Bertz CT molecular complexity index is 84.9. The van der Waals surface area contributed by atoms with Gasteiger partial charge in [0, 0.05) is 11.9 Å². The van der Waals surface area contributed by atoms with Crippen LogP contribution in [0, 0.1) is 5.41 Å². The lowest BCUT2D eigenvalue weighted by atomic mass is 10.4. The van der Waals surface area contributed by atoms with Gasteiger partial charge in [-0.2, -0.15) is 0 Å². The third-order valence-electron chi connectivity index (χ3n) is 0.430. The van der Waals surface area contributed by atoms with Gasteiger partial charge in [0.25, 0.3) is 0 Å². The van der Waals surface area contributed by atoms with Crippen LogP contribution in [-0.4, -0.2) is 5.71 Å². The maximum Gasteiger partial charge on any atom is 0.0297 e. The van der Waals surface area contributed by atoms with Crippen molar-refractivity contribution >= 4 is 5.71 Å². The molecule has 40 valence electrons. The molecule has 0 aliphatic heterocycles. The number of nitrogens with two attached hydrogens (primary N) is 1. The molecule has 0 saturated carbocycles. The van der Waals surface area contributed by atoms with Crippen molar-refractivity contribution in [1.29, 1.82) is 5.41 Å². The van der Waals surface area contributed by atoms with E-state index in [2.05, 4.69) is 5.43 Å². The van der Waals surface area contributed by atoms with E-state index in [0.29, 0.717) is 5.71 Å². The molecule has 7 heavy (non-hydrogen) atoms. The first-order valence-corrected chi connectivity index (χ1v) is 1.95. The number of hydrazine groups is 1. The van der Waals surface area contributed by atoms with Crippen LogP contribution in [0.25, 0.3) is 0 Å². The lowest BCUT2D eigenvalue weighted by molar-refractivity contribution is 0.969. The maximum atomic E-state index is 6.82. The van der Waals surface area contributed by atoms with Crippen molar-refractivity contribution < 1.29 is 0 Å². The highest BCUT2D eigenvalue weighted by molar-refractivity contribution is 5.89. The molecule has 0 radical (unpaired) electrons. The summed E-state index contributed by atoms with van der Waals surface area (Å²) in [7, 11) is 0. The Balaban J connectivity index is 3.26. The van der Waals surface area contributed by atoms with Crippen LogP contribution in [-0.2, 0) is 0 Å². The maximum absolute atomic E-state index is 6.82. The second-order valence-corrected chi connectivity index (χ2v) is 1.18. The van der Waals surface area contributed by atoms with Crippen LogP contribution in [0.5, 0.6) is 0 Å². The second-order valence-electron chi connectivity index (χ2n) is 1.18. The fraction of sp³-hybridized carbons (Fsp3) is 0.250. The highest BCUT2D eigenvalue weighted by atomic mass is 15.2. The van der Waals surface area contributed by atoms with E-state index in [1.807, 2.05) is 0 Å². The lowest BCUT2D eigenvalue weighted by Crippen LogP contribution is -2.13. The Morgan fingerprint density at radius 3 is 2.57 bits per heavy atom. The van der Waals surface area contributed by atoms with Gasteiger partial charge < -0.3 is 10.8 Å². The molecule has 4 N–H and O–H groups in total. The van der Waals surface area contributed by atoms with Gasteiger partial charge >= 0.3 is 0 Å². The molecule has 0 fully saturated rings. The summed E-state index contributed by atoms with van der Waals surface area (Å²) in [5.41, 5.74) is 2.76. The average Bonchev–Trinajstić information content (AvgIpc) is 1.61. The van der Waals surface area contributed by atoms with Crippen LogP contribution < -0.4 is 11.3 Å². The van der Waals surface area contributed by atoms with Crippen molar-refractivity contribution in [3.63, 3.8) is 0 Å². The highest BCUT2D eigenvalue weighted by Gasteiger charge is 1.69. The molecule has 0 aromatic carbocycles. The summed E-state index contributed by atoms with van der Waals surface area (Å²) in [4.78, 5) is 0. The predicted octanol–water partition coefficient (Wildman–Crippen LogP) is 0.00307. The van der Waals surface area contributed by atoms with E-state index in [9.17, 15) is 0 Å². The third-order valence-corrected chi connectivity index (χ3v) is 0.430. The van der Waals surface area contributed by atoms with E-state index in [0.717, 1.165) is 0 Å².